The van der Waals surface area contributed by atoms with E-state index >= 15 is 0 Å². The topological polar surface area (TPSA) is 50.4 Å². The number of rotatable bonds is 7. The minimum Gasteiger partial charge on any atom is -0.492 e. The molecule has 0 saturated carbocycles. The molecule has 1 aromatic carbocycles. The van der Waals surface area contributed by atoms with Gasteiger partial charge >= 0.3 is 0 Å². The third-order valence-corrected chi connectivity index (χ3v) is 3.68. The van der Waals surface area contributed by atoms with Crippen molar-refractivity contribution < 1.29 is 9.53 Å². The fourth-order valence-corrected chi connectivity index (χ4v) is 2.30. The molecule has 0 saturated heterocycles. The molecule has 0 aliphatic heterocycles. The average Bonchev–Trinajstić information content (AvgIpc) is 2.45. The Balaban J connectivity index is 2.59. The third-order valence-electron chi connectivity index (χ3n) is 2.81. The number of carbonyl (C=O) groups is 1. The maximum absolute atomic E-state index is 12.1. The van der Waals surface area contributed by atoms with Gasteiger partial charge in [-0.2, -0.15) is 0 Å². The van der Waals surface area contributed by atoms with E-state index in [2.05, 4.69) is 47.3 Å². The van der Waals surface area contributed by atoms with Gasteiger partial charge in [0.15, 0.2) is 5.11 Å². The quantitative estimate of drug-likeness (QED) is 0.551. The van der Waals surface area contributed by atoms with Crippen LogP contribution in [0.15, 0.2) is 22.7 Å². The molecule has 2 N–H and O–H groups in total. The lowest BCUT2D eigenvalue weighted by atomic mass is 10.2. The Labute approximate surface area is 146 Å². The van der Waals surface area contributed by atoms with Crippen molar-refractivity contribution in [1.82, 2.24) is 10.6 Å². The van der Waals surface area contributed by atoms with E-state index in [0.717, 1.165) is 29.6 Å². The van der Waals surface area contributed by atoms with Crippen LogP contribution in [0.5, 0.6) is 5.75 Å². The monoisotopic (exact) mass is 386 g/mol. The highest BCUT2D eigenvalue weighted by molar-refractivity contribution is 9.10. The predicted octanol–water partition coefficient (Wildman–Crippen LogP) is 3.89. The van der Waals surface area contributed by atoms with Gasteiger partial charge in [-0.25, -0.2) is 0 Å². The van der Waals surface area contributed by atoms with E-state index in [9.17, 15) is 4.79 Å². The molecule has 0 heterocycles. The van der Waals surface area contributed by atoms with Gasteiger partial charge in [-0.1, -0.05) is 27.2 Å². The zero-order valence-electron chi connectivity index (χ0n) is 13.2. The number of nitrogens with one attached hydrogen (secondary N) is 2. The first-order valence-corrected chi connectivity index (χ1v) is 8.65. The fourth-order valence-electron chi connectivity index (χ4n) is 1.61. The first-order valence-electron chi connectivity index (χ1n) is 7.45. The van der Waals surface area contributed by atoms with Gasteiger partial charge < -0.3 is 10.1 Å². The minimum absolute atomic E-state index is 0.231. The van der Waals surface area contributed by atoms with Crippen LogP contribution in [0.2, 0.25) is 0 Å². The Hall–Kier alpha value is -1.14. The van der Waals surface area contributed by atoms with E-state index in [4.69, 9.17) is 17.0 Å². The van der Waals surface area contributed by atoms with Crippen molar-refractivity contribution in [2.24, 2.45) is 5.92 Å². The van der Waals surface area contributed by atoms with Crippen molar-refractivity contribution in [3.8, 4) is 5.75 Å². The van der Waals surface area contributed by atoms with E-state index < -0.39 is 0 Å². The summed E-state index contributed by atoms with van der Waals surface area (Å²) in [5.74, 6) is 0.945. The van der Waals surface area contributed by atoms with Crippen molar-refractivity contribution in [1.29, 1.82) is 0 Å². The Bertz CT molecular complexity index is 521. The molecule has 0 bridgehead atoms. The van der Waals surface area contributed by atoms with Crippen molar-refractivity contribution >= 4 is 39.2 Å². The number of hydrogen-bond donors (Lipinski definition) is 2. The standard InChI is InChI=1S/C16H23BrN2O2S/c1-4-5-8-18-16(22)19-15(20)12-6-7-14(13(17)9-12)21-10-11(2)3/h6-7,9,11H,4-5,8,10H2,1-3H3,(H2,18,19,20,22). The van der Waals surface area contributed by atoms with Crippen LogP contribution in [0.4, 0.5) is 0 Å². The maximum Gasteiger partial charge on any atom is 0.257 e. The van der Waals surface area contributed by atoms with Crippen LogP contribution >= 0.6 is 28.1 Å². The minimum atomic E-state index is -0.231. The van der Waals surface area contributed by atoms with Crippen LogP contribution in [0, 0.1) is 5.92 Å². The molecule has 0 aromatic heterocycles. The number of halogens is 1. The molecule has 0 spiro atoms. The molecule has 0 atom stereocenters. The van der Waals surface area contributed by atoms with E-state index in [1.54, 1.807) is 18.2 Å². The van der Waals surface area contributed by atoms with E-state index in [-0.39, 0.29) is 5.91 Å². The number of benzene rings is 1. The van der Waals surface area contributed by atoms with Crippen molar-refractivity contribution in [2.45, 2.75) is 33.6 Å². The number of thiocarbonyl (C=S) groups is 1. The first kappa shape index (κ1) is 18.9. The van der Waals surface area contributed by atoms with Gasteiger partial charge in [0, 0.05) is 12.1 Å². The van der Waals surface area contributed by atoms with Gasteiger partial charge in [-0.15, -0.1) is 0 Å². The van der Waals surface area contributed by atoms with E-state index in [0.29, 0.717) is 23.2 Å². The van der Waals surface area contributed by atoms with Gasteiger partial charge in [0.25, 0.3) is 5.91 Å². The number of hydrogen-bond acceptors (Lipinski definition) is 3. The Kier molecular flexibility index (Phi) is 8.42. The molecular formula is C16H23BrN2O2S. The molecule has 0 radical (unpaired) electrons. The molecule has 0 aliphatic rings. The lowest BCUT2D eigenvalue weighted by Crippen LogP contribution is -2.39. The van der Waals surface area contributed by atoms with Crippen LogP contribution in [-0.4, -0.2) is 24.2 Å². The summed E-state index contributed by atoms with van der Waals surface area (Å²) in [6.45, 7) is 7.67. The summed E-state index contributed by atoms with van der Waals surface area (Å²) in [4.78, 5) is 12.1. The molecule has 0 aliphatic carbocycles. The third kappa shape index (κ3) is 6.75. The summed E-state index contributed by atoms with van der Waals surface area (Å²) in [6.07, 6.45) is 2.10. The van der Waals surface area contributed by atoms with Crippen molar-refractivity contribution in [3.63, 3.8) is 0 Å². The summed E-state index contributed by atoms with van der Waals surface area (Å²) in [5, 5.41) is 6.03. The second kappa shape index (κ2) is 9.79. The summed E-state index contributed by atoms with van der Waals surface area (Å²) in [5.41, 5.74) is 0.531. The van der Waals surface area contributed by atoms with Crippen molar-refractivity contribution in [3.05, 3.63) is 28.2 Å². The second-order valence-electron chi connectivity index (χ2n) is 5.41. The predicted molar refractivity (Wildman–Crippen MR) is 97.4 cm³/mol. The van der Waals surface area contributed by atoms with Crippen LogP contribution in [0.1, 0.15) is 44.0 Å². The van der Waals surface area contributed by atoms with Gasteiger partial charge in [-0.05, 0) is 58.7 Å². The maximum atomic E-state index is 12.1. The molecule has 1 aromatic rings. The largest absolute Gasteiger partial charge is 0.492 e. The van der Waals surface area contributed by atoms with E-state index in [1.807, 2.05) is 0 Å². The number of carbonyl (C=O) groups excluding carboxylic acids is 1. The van der Waals surface area contributed by atoms with Crippen LogP contribution in [-0.2, 0) is 0 Å². The van der Waals surface area contributed by atoms with Gasteiger partial charge in [0.1, 0.15) is 5.75 Å². The normalized spacial score (nSPS) is 10.4. The Morgan fingerprint density at radius 2 is 2.14 bits per heavy atom. The van der Waals surface area contributed by atoms with E-state index in [1.165, 1.54) is 0 Å². The zero-order valence-corrected chi connectivity index (χ0v) is 15.6. The Morgan fingerprint density at radius 1 is 1.41 bits per heavy atom. The summed E-state index contributed by atoms with van der Waals surface area (Å²) in [6, 6.07) is 5.25. The number of amides is 1. The first-order chi connectivity index (χ1) is 10.4. The highest BCUT2D eigenvalue weighted by atomic mass is 79.9. The fraction of sp³-hybridized carbons (Fsp3) is 0.500. The molecule has 122 valence electrons. The summed E-state index contributed by atoms with van der Waals surface area (Å²) >= 11 is 8.52. The van der Waals surface area contributed by atoms with Gasteiger partial charge in [0.05, 0.1) is 11.1 Å². The molecule has 6 heteroatoms. The SMILES string of the molecule is CCCCNC(=S)NC(=O)c1ccc(OCC(C)C)c(Br)c1. The average molecular weight is 387 g/mol. The highest BCUT2D eigenvalue weighted by Crippen LogP contribution is 2.26. The van der Waals surface area contributed by atoms with Gasteiger partial charge in [0.2, 0.25) is 0 Å². The lowest BCUT2D eigenvalue weighted by Gasteiger charge is -2.12. The number of ether oxygens (including phenoxy) is 1. The molecule has 22 heavy (non-hydrogen) atoms. The summed E-state index contributed by atoms with van der Waals surface area (Å²) < 4.78 is 6.42. The highest BCUT2D eigenvalue weighted by Gasteiger charge is 2.11. The molecule has 1 rings (SSSR count). The molecule has 4 nitrogen and oxygen atoms in total. The van der Waals surface area contributed by atoms with Gasteiger partial charge in [-0.3, -0.25) is 10.1 Å². The zero-order chi connectivity index (χ0) is 16.5. The molecule has 0 unspecified atom stereocenters. The van der Waals surface area contributed by atoms with Crippen LogP contribution in [0.25, 0.3) is 0 Å². The van der Waals surface area contributed by atoms with Crippen LogP contribution < -0.4 is 15.4 Å². The Morgan fingerprint density at radius 3 is 2.73 bits per heavy atom. The molecule has 0 fully saturated rings. The van der Waals surface area contributed by atoms with Crippen molar-refractivity contribution in [2.75, 3.05) is 13.2 Å². The van der Waals surface area contributed by atoms with Crippen LogP contribution in [0.3, 0.4) is 0 Å². The molecule has 1 amide bonds. The molecular weight excluding hydrogens is 364 g/mol. The number of unbranched alkanes of at least 4 members (excludes halogenated alkanes) is 1. The lowest BCUT2D eigenvalue weighted by molar-refractivity contribution is 0.0976. The summed E-state index contributed by atoms with van der Waals surface area (Å²) in [7, 11) is 0. The smallest absolute Gasteiger partial charge is 0.257 e. The second-order valence-corrected chi connectivity index (χ2v) is 6.68.